The minimum atomic E-state index is -0.494. The topological polar surface area (TPSA) is 49.4 Å². The Morgan fingerprint density at radius 1 is 0.900 bits per heavy atom. The number of aryl methyl sites for hydroxylation is 1. The maximum absolute atomic E-state index is 13.3. The molecule has 4 nitrogen and oxygen atoms in total. The predicted octanol–water partition coefficient (Wildman–Crippen LogP) is 5.78. The summed E-state index contributed by atoms with van der Waals surface area (Å²) in [5.74, 6) is -1.41. The predicted molar refractivity (Wildman–Crippen MR) is 118 cm³/mol. The van der Waals surface area contributed by atoms with Crippen molar-refractivity contribution < 1.29 is 14.0 Å². The molecule has 0 unspecified atom stereocenters. The third kappa shape index (κ3) is 3.97. The summed E-state index contributed by atoms with van der Waals surface area (Å²) in [6, 6.07) is 19.7. The lowest BCUT2D eigenvalue weighted by Gasteiger charge is -2.15. The molecular weight excluding hydrogens is 423 g/mol. The number of rotatable bonds is 5. The minimum Gasteiger partial charge on any atom is -0.350 e. The number of carbonyl (C=O) groups excluding carboxylic acids is 2. The number of carbonyl (C=O) groups is 2. The summed E-state index contributed by atoms with van der Waals surface area (Å²) in [6.45, 7) is 1.91. The molecule has 1 N–H and O–H groups in total. The Morgan fingerprint density at radius 3 is 2.23 bits per heavy atom. The van der Waals surface area contributed by atoms with Crippen LogP contribution in [0.2, 0.25) is 5.02 Å². The second-order valence-corrected chi connectivity index (χ2v) is 8.14. The van der Waals surface area contributed by atoms with Gasteiger partial charge in [-0.15, -0.1) is 0 Å². The highest BCUT2D eigenvalue weighted by Gasteiger charge is 2.40. The third-order valence-electron chi connectivity index (χ3n) is 4.56. The molecule has 150 valence electrons. The molecule has 7 heteroatoms. The van der Waals surface area contributed by atoms with Crippen molar-refractivity contribution in [3.05, 3.63) is 99.8 Å². The van der Waals surface area contributed by atoms with Gasteiger partial charge < -0.3 is 5.32 Å². The lowest BCUT2D eigenvalue weighted by atomic mass is 10.2. The lowest BCUT2D eigenvalue weighted by Crippen LogP contribution is -2.32. The van der Waals surface area contributed by atoms with Gasteiger partial charge in [-0.3, -0.25) is 9.59 Å². The first-order chi connectivity index (χ1) is 14.4. The van der Waals surface area contributed by atoms with Crippen LogP contribution in [0.4, 0.5) is 15.8 Å². The van der Waals surface area contributed by atoms with Gasteiger partial charge in [0, 0.05) is 15.6 Å². The van der Waals surface area contributed by atoms with Crippen molar-refractivity contribution in [3.8, 4) is 0 Å². The van der Waals surface area contributed by atoms with Gasteiger partial charge in [-0.25, -0.2) is 9.29 Å². The number of halogens is 2. The van der Waals surface area contributed by atoms with E-state index in [4.69, 9.17) is 11.6 Å². The van der Waals surface area contributed by atoms with Crippen LogP contribution in [-0.2, 0) is 9.59 Å². The van der Waals surface area contributed by atoms with E-state index in [2.05, 4.69) is 5.32 Å². The molecule has 0 radical (unpaired) electrons. The summed E-state index contributed by atoms with van der Waals surface area (Å²) in [6.07, 6.45) is 0. The number of anilines is 2. The maximum Gasteiger partial charge on any atom is 0.283 e. The average Bonchev–Trinajstić information content (AvgIpc) is 2.96. The first-order valence-electron chi connectivity index (χ1n) is 9.09. The van der Waals surface area contributed by atoms with E-state index in [1.54, 1.807) is 24.3 Å². The van der Waals surface area contributed by atoms with Crippen molar-refractivity contribution >= 4 is 46.6 Å². The fraction of sp³-hybridized carbons (Fsp3) is 0.0435. The van der Waals surface area contributed by atoms with Crippen LogP contribution in [0.15, 0.2) is 88.3 Å². The van der Waals surface area contributed by atoms with Gasteiger partial charge in [0.15, 0.2) is 0 Å². The summed E-state index contributed by atoms with van der Waals surface area (Å²) in [5, 5.41) is 3.71. The number of nitrogens with zero attached hydrogens (tertiary/aromatic N) is 1. The molecule has 30 heavy (non-hydrogen) atoms. The molecule has 1 aliphatic rings. The van der Waals surface area contributed by atoms with Crippen molar-refractivity contribution in [2.75, 3.05) is 10.2 Å². The molecule has 1 heterocycles. The van der Waals surface area contributed by atoms with Crippen LogP contribution in [0.1, 0.15) is 5.56 Å². The maximum atomic E-state index is 13.3. The summed E-state index contributed by atoms with van der Waals surface area (Å²) >= 11 is 7.13. The Hall–Kier alpha value is -3.09. The van der Waals surface area contributed by atoms with Gasteiger partial charge in [-0.1, -0.05) is 41.6 Å². The van der Waals surface area contributed by atoms with E-state index in [1.807, 2.05) is 31.2 Å². The van der Waals surface area contributed by atoms with Crippen molar-refractivity contribution in [1.29, 1.82) is 0 Å². The number of hydrogen-bond acceptors (Lipinski definition) is 4. The summed E-state index contributed by atoms with van der Waals surface area (Å²) in [5.41, 5.74) is 2.14. The summed E-state index contributed by atoms with van der Waals surface area (Å²) in [4.78, 5) is 28.5. The molecule has 0 aliphatic carbocycles. The first kappa shape index (κ1) is 20.2. The lowest BCUT2D eigenvalue weighted by molar-refractivity contribution is -0.120. The number of nitrogens with one attached hydrogen (secondary N) is 1. The van der Waals surface area contributed by atoms with Crippen LogP contribution < -0.4 is 10.2 Å². The molecule has 4 rings (SSSR count). The molecule has 0 aromatic heterocycles. The smallest absolute Gasteiger partial charge is 0.283 e. The van der Waals surface area contributed by atoms with Gasteiger partial charge in [0.25, 0.3) is 11.8 Å². The monoisotopic (exact) mass is 438 g/mol. The zero-order valence-corrected chi connectivity index (χ0v) is 17.4. The summed E-state index contributed by atoms with van der Waals surface area (Å²) < 4.78 is 13.3. The van der Waals surface area contributed by atoms with E-state index in [0.717, 1.165) is 21.0 Å². The van der Waals surface area contributed by atoms with E-state index in [9.17, 15) is 14.0 Å². The standard InChI is InChI=1S/C23H16ClFN2O2S/c1-14-4-2-3-5-19(14)26-20-21(30-18-12-6-15(24)7-13-18)23(29)27(22(20)28)17-10-8-16(25)9-11-17/h2-13,26H,1H3. The largest absolute Gasteiger partial charge is 0.350 e. The fourth-order valence-corrected chi connectivity index (χ4v) is 4.06. The quantitative estimate of drug-likeness (QED) is 0.513. The minimum absolute atomic E-state index is 0.179. The molecule has 3 aromatic rings. The highest BCUT2D eigenvalue weighted by Crippen LogP contribution is 2.38. The van der Waals surface area contributed by atoms with Crippen LogP contribution in [0.3, 0.4) is 0 Å². The van der Waals surface area contributed by atoms with Gasteiger partial charge in [0.1, 0.15) is 16.4 Å². The Balaban J connectivity index is 1.75. The van der Waals surface area contributed by atoms with E-state index < -0.39 is 17.6 Å². The van der Waals surface area contributed by atoms with E-state index >= 15 is 0 Å². The summed E-state index contributed by atoms with van der Waals surface area (Å²) in [7, 11) is 0. The number of para-hydroxylation sites is 1. The van der Waals surface area contributed by atoms with Gasteiger partial charge in [0.05, 0.1) is 5.69 Å². The molecular formula is C23H16ClFN2O2S. The molecule has 0 fully saturated rings. The first-order valence-corrected chi connectivity index (χ1v) is 10.3. The van der Waals surface area contributed by atoms with Crippen molar-refractivity contribution in [3.63, 3.8) is 0 Å². The van der Waals surface area contributed by atoms with Crippen LogP contribution in [0.25, 0.3) is 0 Å². The number of benzene rings is 3. The molecule has 0 atom stereocenters. The Labute approximate surface area is 182 Å². The highest BCUT2D eigenvalue weighted by atomic mass is 35.5. The zero-order valence-electron chi connectivity index (χ0n) is 15.9. The Morgan fingerprint density at radius 2 is 1.57 bits per heavy atom. The highest BCUT2D eigenvalue weighted by molar-refractivity contribution is 8.04. The fourth-order valence-electron chi connectivity index (χ4n) is 3.01. The SMILES string of the molecule is Cc1ccccc1NC1=C(Sc2ccc(Cl)cc2)C(=O)N(c2ccc(F)cc2)C1=O. The average molecular weight is 439 g/mol. The zero-order chi connectivity index (χ0) is 21.3. The Bertz CT molecular complexity index is 1160. The van der Waals surface area contributed by atoms with Gasteiger partial charge in [-0.05, 0) is 67.1 Å². The van der Waals surface area contributed by atoms with Crippen LogP contribution in [0, 0.1) is 12.7 Å². The molecule has 0 saturated carbocycles. The second kappa shape index (κ2) is 8.34. The molecule has 2 amide bonds. The molecule has 3 aromatic carbocycles. The van der Waals surface area contributed by atoms with Crippen LogP contribution in [0.5, 0.6) is 0 Å². The van der Waals surface area contributed by atoms with Gasteiger partial charge in [-0.2, -0.15) is 0 Å². The molecule has 1 aliphatic heterocycles. The van der Waals surface area contributed by atoms with Gasteiger partial charge >= 0.3 is 0 Å². The number of thioether (sulfide) groups is 1. The van der Waals surface area contributed by atoms with Crippen molar-refractivity contribution in [1.82, 2.24) is 0 Å². The van der Waals surface area contributed by atoms with Gasteiger partial charge in [0.2, 0.25) is 0 Å². The normalized spacial score (nSPS) is 13.9. The molecule has 0 spiro atoms. The van der Waals surface area contributed by atoms with Crippen molar-refractivity contribution in [2.45, 2.75) is 11.8 Å². The molecule has 0 bridgehead atoms. The third-order valence-corrected chi connectivity index (χ3v) is 5.91. The number of imide groups is 1. The van der Waals surface area contributed by atoms with Crippen LogP contribution >= 0.6 is 23.4 Å². The Kier molecular flexibility index (Phi) is 5.61. The number of hydrogen-bond donors (Lipinski definition) is 1. The van der Waals surface area contributed by atoms with E-state index in [1.165, 1.54) is 36.0 Å². The van der Waals surface area contributed by atoms with E-state index in [-0.39, 0.29) is 10.6 Å². The molecule has 0 saturated heterocycles. The van der Waals surface area contributed by atoms with Crippen molar-refractivity contribution in [2.24, 2.45) is 0 Å². The van der Waals surface area contributed by atoms with Crippen LogP contribution in [-0.4, -0.2) is 11.8 Å². The van der Waals surface area contributed by atoms with E-state index in [0.29, 0.717) is 10.7 Å². The second-order valence-electron chi connectivity index (χ2n) is 6.62. The number of amides is 2.